The predicted molar refractivity (Wildman–Crippen MR) is 44.0 cm³/mol. The minimum absolute atomic E-state index is 0.0469. The molecule has 0 saturated carbocycles. The van der Waals surface area contributed by atoms with Crippen molar-refractivity contribution in [1.29, 1.82) is 0 Å². The first kappa shape index (κ1) is 7.03. The van der Waals surface area contributed by atoms with Gasteiger partial charge < -0.3 is 9.64 Å². The average molecular weight is 176 g/mol. The van der Waals surface area contributed by atoms with E-state index >= 15 is 0 Å². The Balaban J connectivity index is 2.19. The van der Waals surface area contributed by atoms with Crippen LogP contribution >= 0.6 is 0 Å². The van der Waals surface area contributed by atoms with Crippen LogP contribution in [0.1, 0.15) is 22.3 Å². The molecule has 1 unspecified atom stereocenters. The third kappa shape index (κ3) is 0.781. The van der Waals surface area contributed by atoms with Crippen LogP contribution in [0.5, 0.6) is 0 Å². The molecule has 0 N–H and O–H groups in total. The highest BCUT2D eigenvalue weighted by Gasteiger charge is 2.41. The van der Waals surface area contributed by atoms with Crippen molar-refractivity contribution < 1.29 is 9.53 Å². The lowest BCUT2D eigenvalue weighted by molar-refractivity contribution is 0.0360. The number of fused-ring (bicyclic) bond motifs is 3. The normalized spacial score (nSPS) is 24.8. The Bertz CT molecular complexity index is 378. The van der Waals surface area contributed by atoms with Crippen molar-refractivity contribution in [2.45, 2.75) is 6.23 Å². The SMILES string of the molecule is O=C1c2cccnc2C2OCCN12. The molecule has 0 aliphatic carbocycles. The van der Waals surface area contributed by atoms with Crippen LogP contribution in [0.15, 0.2) is 18.3 Å². The second kappa shape index (κ2) is 2.29. The summed E-state index contributed by atoms with van der Waals surface area (Å²) in [7, 11) is 0. The highest BCUT2D eigenvalue weighted by molar-refractivity contribution is 5.98. The van der Waals surface area contributed by atoms with E-state index in [1.54, 1.807) is 23.2 Å². The Labute approximate surface area is 75.1 Å². The summed E-state index contributed by atoms with van der Waals surface area (Å²) in [6.45, 7) is 1.30. The molecule has 4 heteroatoms. The molecule has 0 aromatic carbocycles. The van der Waals surface area contributed by atoms with Gasteiger partial charge in [0, 0.05) is 12.7 Å². The van der Waals surface area contributed by atoms with Crippen LogP contribution in [0.25, 0.3) is 0 Å². The second-order valence-corrected chi connectivity index (χ2v) is 3.16. The van der Waals surface area contributed by atoms with Crippen LogP contribution in [0.3, 0.4) is 0 Å². The fourth-order valence-electron chi connectivity index (χ4n) is 1.85. The minimum atomic E-state index is -0.219. The van der Waals surface area contributed by atoms with Gasteiger partial charge in [-0.15, -0.1) is 0 Å². The van der Waals surface area contributed by atoms with Crippen LogP contribution < -0.4 is 0 Å². The molecule has 1 fully saturated rings. The zero-order valence-electron chi connectivity index (χ0n) is 6.93. The van der Waals surface area contributed by atoms with Gasteiger partial charge in [-0.25, -0.2) is 0 Å². The van der Waals surface area contributed by atoms with E-state index in [1.807, 2.05) is 0 Å². The summed E-state index contributed by atoms with van der Waals surface area (Å²) in [5, 5.41) is 0. The number of carbonyl (C=O) groups is 1. The van der Waals surface area contributed by atoms with Crippen molar-refractivity contribution in [3.05, 3.63) is 29.6 Å². The van der Waals surface area contributed by atoms with Crippen LogP contribution in [0.2, 0.25) is 0 Å². The predicted octanol–water partition coefficient (Wildman–Crippen LogP) is 0.566. The molecule has 1 amide bonds. The van der Waals surface area contributed by atoms with E-state index in [1.165, 1.54) is 0 Å². The maximum absolute atomic E-state index is 11.7. The van der Waals surface area contributed by atoms with E-state index in [9.17, 15) is 4.79 Å². The van der Waals surface area contributed by atoms with E-state index in [2.05, 4.69) is 4.98 Å². The number of hydrogen-bond donors (Lipinski definition) is 0. The number of ether oxygens (including phenoxy) is 1. The third-order valence-corrected chi connectivity index (χ3v) is 2.45. The van der Waals surface area contributed by atoms with Crippen LogP contribution in [0.4, 0.5) is 0 Å². The van der Waals surface area contributed by atoms with Crippen LogP contribution in [0, 0.1) is 0 Å². The zero-order chi connectivity index (χ0) is 8.84. The Hall–Kier alpha value is -1.42. The molecule has 3 heterocycles. The fraction of sp³-hybridized carbons (Fsp3) is 0.333. The molecule has 3 rings (SSSR count). The summed E-state index contributed by atoms with van der Waals surface area (Å²) in [4.78, 5) is 17.6. The first-order valence-electron chi connectivity index (χ1n) is 4.25. The van der Waals surface area contributed by atoms with Gasteiger partial charge in [-0.05, 0) is 12.1 Å². The molecule has 1 saturated heterocycles. The lowest BCUT2D eigenvalue weighted by Crippen LogP contribution is -2.23. The Kier molecular flexibility index (Phi) is 1.24. The van der Waals surface area contributed by atoms with Gasteiger partial charge in [0.25, 0.3) is 5.91 Å². The summed E-state index contributed by atoms with van der Waals surface area (Å²) in [5.74, 6) is 0.0469. The van der Waals surface area contributed by atoms with E-state index in [0.717, 1.165) is 5.69 Å². The van der Waals surface area contributed by atoms with E-state index in [0.29, 0.717) is 18.7 Å². The number of amides is 1. The standard InChI is InChI=1S/C9H8N2O2/c12-8-6-2-1-3-10-7(6)9-11(8)4-5-13-9/h1-3,9H,4-5H2. The topological polar surface area (TPSA) is 42.4 Å². The van der Waals surface area contributed by atoms with Crippen LogP contribution in [-0.4, -0.2) is 28.9 Å². The lowest BCUT2D eigenvalue weighted by Gasteiger charge is -2.11. The smallest absolute Gasteiger partial charge is 0.258 e. The largest absolute Gasteiger partial charge is 0.350 e. The Morgan fingerprint density at radius 2 is 2.54 bits per heavy atom. The van der Waals surface area contributed by atoms with Crippen molar-refractivity contribution in [2.24, 2.45) is 0 Å². The van der Waals surface area contributed by atoms with Crippen molar-refractivity contribution in [3.63, 3.8) is 0 Å². The molecule has 1 atom stereocenters. The first-order chi connectivity index (χ1) is 6.38. The van der Waals surface area contributed by atoms with E-state index < -0.39 is 0 Å². The first-order valence-corrected chi connectivity index (χ1v) is 4.25. The fourth-order valence-corrected chi connectivity index (χ4v) is 1.85. The second-order valence-electron chi connectivity index (χ2n) is 3.16. The van der Waals surface area contributed by atoms with Gasteiger partial charge in [-0.3, -0.25) is 9.78 Å². The monoisotopic (exact) mass is 176 g/mol. The molecule has 4 nitrogen and oxygen atoms in total. The van der Waals surface area contributed by atoms with Gasteiger partial charge in [0.05, 0.1) is 12.2 Å². The molecule has 1 aromatic heterocycles. The summed E-state index contributed by atoms with van der Waals surface area (Å²) in [6, 6.07) is 3.57. The molecule has 66 valence electrons. The zero-order valence-corrected chi connectivity index (χ0v) is 6.93. The Morgan fingerprint density at radius 3 is 3.46 bits per heavy atom. The van der Waals surface area contributed by atoms with Gasteiger partial charge in [0.2, 0.25) is 0 Å². The summed E-state index contributed by atoms with van der Waals surface area (Å²) in [5.41, 5.74) is 1.46. The molecule has 0 bridgehead atoms. The lowest BCUT2D eigenvalue weighted by atomic mass is 10.2. The maximum atomic E-state index is 11.7. The number of nitrogens with zero attached hydrogens (tertiary/aromatic N) is 2. The number of hydrogen-bond acceptors (Lipinski definition) is 3. The van der Waals surface area contributed by atoms with Gasteiger partial charge in [-0.1, -0.05) is 0 Å². The number of aromatic nitrogens is 1. The highest BCUT2D eigenvalue weighted by atomic mass is 16.5. The van der Waals surface area contributed by atoms with Gasteiger partial charge in [0.1, 0.15) is 5.69 Å². The maximum Gasteiger partial charge on any atom is 0.258 e. The van der Waals surface area contributed by atoms with Crippen molar-refractivity contribution in [3.8, 4) is 0 Å². The summed E-state index contributed by atoms with van der Waals surface area (Å²) >= 11 is 0. The molecule has 13 heavy (non-hydrogen) atoms. The molecular weight excluding hydrogens is 168 g/mol. The number of rotatable bonds is 0. The molecule has 2 aliphatic rings. The summed E-state index contributed by atoms with van der Waals surface area (Å²) in [6.07, 6.45) is 1.47. The number of pyridine rings is 1. The molecular formula is C9H8N2O2. The Morgan fingerprint density at radius 1 is 1.62 bits per heavy atom. The van der Waals surface area contributed by atoms with Crippen LogP contribution in [-0.2, 0) is 4.74 Å². The van der Waals surface area contributed by atoms with Gasteiger partial charge >= 0.3 is 0 Å². The molecule has 2 aliphatic heterocycles. The van der Waals surface area contributed by atoms with Gasteiger partial charge in [0.15, 0.2) is 6.23 Å². The van der Waals surface area contributed by atoms with Crippen molar-refractivity contribution in [2.75, 3.05) is 13.2 Å². The minimum Gasteiger partial charge on any atom is -0.350 e. The number of carbonyl (C=O) groups excluding carboxylic acids is 1. The third-order valence-electron chi connectivity index (χ3n) is 2.45. The molecule has 0 radical (unpaired) electrons. The van der Waals surface area contributed by atoms with Gasteiger partial charge in [-0.2, -0.15) is 0 Å². The quantitative estimate of drug-likeness (QED) is 0.580. The average Bonchev–Trinajstić information content (AvgIpc) is 2.72. The highest BCUT2D eigenvalue weighted by Crippen LogP contribution is 2.35. The summed E-state index contributed by atoms with van der Waals surface area (Å²) < 4.78 is 5.42. The van der Waals surface area contributed by atoms with E-state index in [-0.39, 0.29) is 12.1 Å². The molecule has 0 spiro atoms. The molecule has 1 aromatic rings. The van der Waals surface area contributed by atoms with Crippen molar-refractivity contribution in [1.82, 2.24) is 9.88 Å². The van der Waals surface area contributed by atoms with E-state index in [4.69, 9.17) is 4.74 Å². The van der Waals surface area contributed by atoms with Crippen molar-refractivity contribution >= 4 is 5.91 Å².